The van der Waals surface area contributed by atoms with Crippen molar-refractivity contribution in [3.63, 3.8) is 0 Å². The largest absolute Gasteiger partial charge is 0.454 e. The molecule has 0 bridgehead atoms. The number of furan rings is 1. The van der Waals surface area contributed by atoms with Gasteiger partial charge in [0.2, 0.25) is 5.95 Å². The lowest BCUT2D eigenvalue weighted by Crippen LogP contribution is -2.06. The van der Waals surface area contributed by atoms with E-state index in [1.54, 1.807) is 12.4 Å². The molecule has 4 heterocycles. The highest BCUT2D eigenvalue weighted by molar-refractivity contribution is 6.09. The maximum Gasteiger partial charge on any atom is 0.238 e. The zero-order valence-corrected chi connectivity index (χ0v) is 23.4. The molecule has 0 saturated heterocycles. The fourth-order valence-electron chi connectivity index (χ4n) is 6.07. The zero-order valence-electron chi connectivity index (χ0n) is 23.4. The van der Waals surface area contributed by atoms with Gasteiger partial charge in [0.1, 0.15) is 5.58 Å². The number of benzene rings is 5. The fraction of sp³-hybridized carbons (Fsp3) is 0. The Hall–Kier alpha value is -6.14. The van der Waals surface area contributed by atoms with E-state index in [1.165, 1.54) is 0 Å². The van der Waals surface area contributed by atoms with Gasteiger partial charge in [-0.15, -0.1) is 0 Å². The summed E-state index contributed by atoms with van der Waals surface area (Å²) in [6.45, 7) is 0. The van der Waals surface area contributed by atoms with Crippen molar-refractivity contribution in [1.29, 1.82) is 0 Å². The predicted molar refractivity (Wildman–Crippen MR) is 176 cm³/mol. The zero-order chi connectivity index (χ0) is 29.0. The second kappa shape index (κ2) is 9.71. The van der Waals surface area contributed by atoms with E-state index in [-0.39, 0.29) is 0 Å². The molecule has 0 saturated carbocycles. The van der Waals surface area contributed by atoms with Crippen molar-refractivity contribution in [2.45, 2.75) is 0 Å². The Kier molecular flexibility index (Phi) is 5.40. The van der Waals surface area contributed by atoms with Crippen molar-refractivity contribution < 1.29 is 4.42 Å². The molecule has 0 aliphatic rings. The van der Waals surface area contributed by atoms with Gasteiger partial charge >= 0.3 is 0 Å². The number of para-hydroxylation sites is 2. The van der Waals surface area contributed by atoms with Crippen molar-refractivity contribution in [2.75, 3.05) is 0 Å². The fourth-order valence-corrected chi connectivity index (χ4v) is 6.07. The van der Waals surface area contributed by atoms with E-state index < -0.39 is 0 Å². The number of aromatic nitrogens is 5. The Bertz CT molecular complexity index is 2440. The van der Waals surface area contributed by atoms with Crippen LogP contribution in [0.4, 0.5) is 0 Å². The van der Waals surface area contributed by atoms with Gasteiger partial charge in [-0.2, -0.15) is 9.97 Å². The van der Waals surface area contributed by atoms with Crippen LogP contribution in [0, 0.1) is 0 Å². The van der Waals surface area contributed by atoms with E-state index in [0.717, 1.165) is 66.0 Å². The van der Waals surface area contributed by atoms with E-state index in [1.807, 2.05) is 36.4 Å². The van der Waals surface area contributed by atoms with Crippen LogP contribution in [0.5, 0.6) is 0 Å². The van der Waals surface area contributed by atoms with Crippen LogP contribution in [0.25, 0.3) is 83.6 Å². The molecule has 0 radical (unpaired) electrons. The molecule has 6 heteroatoms. The number of pyridine rings is 1. The minimum atomic E-state index is 0.559. The third-order valence-corrected chi connectivity index (χ3v) is 8.19. The summed E-state index contributed by atoms with van der Waals surface area (Å²) in [7, 11) is 0. The summed E-state index contributed by atoms with van der Waals surface area (Å²) in [5, 5.41) is 4.36. The SMILES string of the molecule is c1ccc(-c2ccc(-c3nc(-c4ccc5c(c4)oc4cnccc45)nc(-n4c5ccccc5c5ccccc54)n3)cc2)cc1. The Balaban J connectivity index is 1.27. The van der Waals surface area contributed by atoms with Crippen LogP contribution in [0.1, 0.15) is 0 Å². The minimum Gasteiger partial charge on any atom is -0.454 e. The molecule has 0 fully saturated rings. The molecule has 0 N–H and O–H groups in total. The first-order valence-electron chi connectivity index (χ1n) is 14.5. The van der Waals surface area contributed by atoms with Crippen molar-refractivity contribution in [3.8, 4) is 39.9 Å². The molecular weight excluding hydrogens is 542 g/mol. The van der Waals surface area contributed by atoms with E-state index in [2.05, 4.69) is 101 Å². The third-order valence-electron chi connectivity index (χ3n) is 8.19. The first kappa shape index (κ1) is 24.5. The second-order valence-corrected chi connectivity index (χ2v) is 10.8. The molecule has 5 aromatic carbocycles. The van der Waals surface area contributed by atoms with Gasteiger partial charge in [0.25, 0.3) is 0 Å². The highest BCUT2D eigenvalue weighted by Gasteiger charge is 2.18. The van der Waals surface area contributed by atoms with Crippen molar-refractivity contribution >= 4 is 43.7 Å². The van der Waals surface area contributed by atoms with E-state index in [4.69, 9.17) is 19.4 Å². The van der Waals surface area contributed by atoms with Crippen LogP contribution in [-0.2, 0) is 0 Å². The average Bonchev–Trinajstić information content (AvgIpc) is 3.64. The first-order chi connectivity index (χ1) is 21.8. The lowest BCUT2D eigenvalue weighted by Gasteiger charge is -2.11. The van der Waals surface area contributed by atoms with Crippen LogP contribution in [0.2, 0.25) is 0 Å². The molecule has 9 aromatic rings. The maximum absolute atomic E-state index is 6.16. The van der Waals surface area contributed by atoms with Gasteiger partial charge in [0, 0.05) is 38.9 Å². The smallest absolute Gasteiger partial charge is 0.238 e. The molecule has 0 amide bonds. The van der Waals surface area contributed by atoms with Crippen molar-refractivity contribution in [3.05, 3.63) is 140 Å². The summed E-state index contributed by atoms with van der Waals surface area (Å²) in [6.07, 6.45) is 3.53. The quantitative estimate of drug-likeness (QED) is 0.213. The number of hydrogen-bond donors (Lipinski definition) is 0. The van der Waals surface area contributed by atoms with Crippen LogP contribution in [-0.4, -0.2) is 24.5 Å². The minimum absolute atomic E-state index is 0.559. The monoisotopic (exact) mass is 565 g/mol. The summed E-state index contributed by atoms with van der Waals surface area (Å²) in [5.74, 6) is 1.73. The molecule has 4 aromatic heterocycles. The standard InChI is InChI=1S/C38H23N5O/c1-2-8-24(9-3-1)25-14-16-26(17-15-25)36-40-37(27-18-19-30-31-20-21-39-23-35(31)44-34(30)22-27)42-38(41-36)43-32-12-6-4-10-28(32)29-11-5-7-13-33(29)43/h1-23H. The first-order valence-corrected chi connectivity index (χ1v) is 14.5. The molecule has 9 rings (SSSR count). The lowest BCUT2D eigenvalue weighted by molar-refractivity contribution is 0.667. The number of hydrogen-bond acceptors (Lipinski definition) is 5. The van der Waals surface area contributed by atoms with E-state index >= 15 is 0 Å². The third kappa shape index (κ3) is 3.89. The predicted octanol–water partition coefficient (Wildman–Crippen LogP) is 9.26. The highest BCUT2D eigenvalue weighted by atomic mass is 16.3. The summed E-state index contributed by atoms with van der Waals surface area (Å²) in [5.41, 5.74) is 7.64. The average molecular weight is 566 g/mol. The molecular formula is C38H23N5O. The summed E-state index contributed by atoms with van der Waals surface area (Å²) < 4.78 is 8.29. The van der Waals surface area contributed by atoms with Crippen LogP contribution >= 0.6 is 0 Å². The molecule has 0 spiro atoms. The Morgan fingerprint density at radius 3 is 1.80 bits per heavy atom. The van der Waals surface area contributed by atoms with Gasteiger partial charge in [0.15, 0.2) is 17.2 Å². The molecule has 0 unspecified atom stereocenters. The lowest BCUT2D eigenvalue weighted by atomic mass is 10.0. The van der Waals surface area contributed by atoms with Gasteiger partial charge in [-0.05, 0) is 41.5 Å². The Morgan fingerprint density at radius 1 is 0.455 bits per heavy atom. The Labute approximate surface area is 251 Å². The molecule has 0 aliphatic heterocycles. The molecule has 44 heavy (non-hydrogen) atoms. The summed E-state index contributed by atoms with van der Waals surface area (Å²) >= 11 is 0. The second-order valence-electron chi connectivity index (χ2n) is 10.8. The van der Waals surface area contributed by atoms with Crippen LogP contribution in [0.15, 0.2) is 144 Å². The molecule has 0 aliphatic carbocycles. The van der Waals surface area contributed by atoms with Gasteiger partial charge in [-0.1, -0.05) is 97.1 Å². The highest BCUT2D eigenvalue weighted by Crippen LogP contribution is 2.34. The number of nitrogens with zero attached hydrogens (tertiary/aromatic N) is 5. The van der Waals surface area contributed by atoms with E-state index in [9.17, 15) is 0 Å². The summed E-state index contributed by atoms with van der Waals surface area (Å²) in [6, 6.07) is 43.6. The normalized spacial score (nSPS) is 11.6. The number of rotatable bonds is 4. The van der Waals surface area contributed by atoms with Gasteiger partial charge in [-0.25, -0.2) is 4.98 Å². The number of fused-ring (bicyclic) bond motifs is 6. The van der Waals surface area contributed by atoms with Crippen LogP contribution in [0.3, 0.4) is 0 Å². The van der Waals surface area contributed by atoms with Crippen molar-refractivity contribution in [1.82, 2.24) is 24.5 Å². The van der Waals surface area contributed by atoms with Crippen molar-refractivity contribution in [2.24, 2.45) is 0 Å². The van der Waals surface area contributed by atoms with Gasteiger partial charge < -0.3 is 4.42 Å². The topological polar surface area (TPSA) is 69.6 Å². The molecule has 6 nitrogen and oxygen atoms in total. The van der Waals surface area contributed by atoms with E-state index in [0.29, 0.717) is 17.6 Å². The maximum atomic E-state index is 6.16. The Morgan fingerprint density at radius 2 is 1.05 bits per heavy atom. The molecule has 0 atom stereocenters. The molecule has 206 valence electrons. The van der Waals surface area contributed by atoms with Gasteiger partial charge in [0.05, 0.1) is 17.2 Å². The van der Waals surface area contributed by atoms with Crippen LogP contribution < -0.4 is 0 Å². The van der Waals surface area contributed by atoms with Gasteiger partial charge in [-0.3, -0.25) is 9.55 Å². The summed E-state index contributed by atoms with van der Waals surface area (Å²) in [4.78, 5) is 19.4.